The number of carbonyl (C=O) groups is 1. The van der Waals surface area contributed by atoms with Gasteiger partial charge in [-0.2, -0.15) is 0 Å². The highest BCUT2D eigenvalue weighted by molar-refractivity contribution is 5.88. The molecule has 9 heteroatoms. The zero-order chi connectivity index (χ0) is 27.1. The molecule has 3 aliphatic heterocycles. The number of rotatable bonds is 6. The van der Waals surface area contributed by atoms with Crippen LogP contribution in [0, 0.1) is 0 Å². The van der Waals surface area contributed by atoms with Gasteiger partial charge in [-0.1, -0.05) is 18.2 Å². The topological polar surface area (TPSA) is 97.7 Å². The number of nitrogens with zero attached hydrogens (tertiary/aromatic N) is 3. The van der Waals surface area contributed by atoms with Gasteiger partial charge in [-0.25, -0.2) is 10.2 Å². The van der Waals surface area contributed by atoms with Crippen LogP contribution >= 0.6 is 0 Å². The first-order chi connectivity index (χ1) is 18.1. The molecule has 204 valence electrons. The van der Waals surface area contributed by atoms with Crippen molar-refractivity contribution < 1.29 is 24.5 Å². The van der Waals surface area contributed by atoms with Crippen molar-refractivity contribution in [3.63, 3.8) is 0 Å². The van der Waals surface area contributed by atoms with Gasteiger partial charge < -0.3 is 29.6 Å². The first kappa shape index (κ1) is 26.5. The van der Waals surface area contributed by atoms with Crippen molar-refractivity contribution in [2.45, 2.75) is 57.2 Å². The lowest BCUT2D eigenvalue weighted by molar-refractivity contribution is -0.150. The van der Waals surface area contributed by atoms with E-state index >= 15 is 0 Å². The summed E-state index contributed by atoms with van der Waals surface area (Å²) in [4.78, 5) is 15.4. The highest BCUT2D eigenvalue weighted by Crippen LogP contribution is 2.39. The van der Waals surface area contributed by atoms with E-state index in [2.05, 4.69) is 48.4 Å². The number of ether oxygens (including phenoxy) is 2. The maximum Gasteiger partial charge on any atom is 0.335 e. The van der Waals surface area contributed by atoms with Crippen molar-refractivity contribution in [2.24, 2.45) is 0 Å². The van der Waals surface area contributed by atoms with Crippen LogP contribution in [-0.4, -0.2) is 76.9 Å². The van der Waals surface area contributed by atoms with E-state index in [1.807, 2.05) is 23.1 Å². The van der Waals surface area contributed by atoms with Gasteiger partial charge >= 0.3 is 5.97 Å². The molecule has 0 saturated carbocycles. The van der Waals surface area contributed by atoms with Gasteiger partial charge in [-0.05, 0) is 69.5 Å². The van der Waals surface area contributed by atoms with Crippen molar-refractivity contribution in [3.8, 4) is 5.75 Å². The molecular formula is C29H38N4O5. The number of anilines is 1. The first-order valence-corrected chi connectivity index (χ1v) is 13.2. The molecule has 0 aromatic heterocycles. The Bertz CT molecular complexity index is 1180. The summed E-state index contributed by atoms with van der Waals surface area (Å²) in [6, 6.07) is 14.7. The highest BCUT2D eigenvalue weighted by Gasteiger charge is 2.47. The molecule has 0 radical (unpaired) electrons. The summed E-state index contributed by atoms with van der Waals surface area (Å²) in [5.74, 6) is -0.0983. The molecule has 2 saturated heterocycles. The van der Waals surface area contributed by atoms with Crippen LogP contribution in [0.4, 0.5) is 5.69 Å². The Morgan fingerprint density at radius 1 is 1.13 bits per heavy atom. The van der Waals surface area contributed by atoms with E-state index in [1.54, 1.807) is 31.4 Å². The summed E-state index contributed by atoms with van der Waals surface area (Å²) in [6.45, 7) is 9.66. The van der Waals surface area contributed by atoms with Gasteiger partial charge in [-0.3, -0.25) is 4.90 Å². The summed E-state index contributed by atoms with van der Waals surface area (Å²) in [5.41, 5.74) is 6.56. The molecule has 3 heterocycles. The van der Waals surface area contributed by atoms with Crippen molar-refractivity contribution in [3.05, 3.63) is 71.4 Å². The molecule has 2 atom stereocenters. The molecule has 2 fully saturated rings. The first-order valence-electron chi connectivity index (χ1n) is 13.2. The minimum absolute atomic E-state index is 0.0232. The summed E-state index contributed by atoms with van der Waals surface area (Å²) >= 11 is 0. The van der Waals surface area contributed by atoms with Crippen LogP contribution in [0.2, 0.25) is 0 Å². The summed E-state index contributed by atoms with van der Waals surface area (Å²) in [7, 11) is 1.71. The third-order valence-electron chi connectivity index (χ3n) is 7.81. The number of aromatic carboxylic acids is 1. The second-order valence-electron chi connectivity index (χ2n) is 11.4. The molecule has 5 rings (SSSR count). The maximum atomic E-state index is 11.2. The largest absolute Gasteiger partial charge is 0.496 e. The number of likely N-dealkylation sites (tertiary alicyclic amines) is 1. The Morgan fingerprint density at radius 3 is 2.45 bits per heavy atom. The molecule has 2 aromatic carbocycles. The fourth-order valence-electron chi connectivity index (χ4n) is 5.57. The second-order valence-corrected chi connectivity index (χ2v) is 11.4. The summed E-state index contributed by atoms with van der Waals surface area (Å²) < 4.78 is 11.8. The van der Waals surface area contributed by atoms with Gasteiger partial charge in [0.2, 0.25) is 6.41 Å². The van der Waals surface area contributed by atoms with Crippen LogP contribution in [0.5, 0.6) is 5.75 Å². The number of para-hydroxylation sites is 1. The number of methoxy groups -OCH3 is 1. The Hall–Kier alpha value is -3.11. The molecule has 0 amide bonds. The Morgan fingerprint density at radius 2 is 1.82 bits per heavy atom. The smallest absolute Gasteiger partial charge is 0.335 e. The zero-order valence-electron chi connectivity index (χ0n) is 22.6. The van der Waals surface area contributed by atoms with Gasteiger partial charge in [0.1, 0.15) is 5.75 Å². The molecule has 0 bridgehead atoms. The Labute approximate surface area is 224 Å². The standard InChI is InChI=1S/C29H38N4O5/c1-28(2,3)33-18-21(25(30-33)23-7-5-6-8-24(23)37-4)17-31-15-13-29(14-16-31)19-32(27(36)38-29)22-11-9-20(10-12-22)26(34)35/h5-12,18,25,27,30,36H,13-17,19H2,1-4H3,(H,34,35). The summed E-state index contributed by atoms with van der Waals surface area (Å²) in [5, 5.41) is 22.0. The molecule has 3 aliphatic rings. The fraction of sp³-hybridized carbons (Fsp3) is 0.483. The van der Waals surface area contributed by atoms with E-state index in [0.717, 1.165) is 49.5 Å². The number of hydrogen-bond acceptors (Lipinski definition) is 8. The van der Waals surface area contributed by atoms with E-state index < -0.39 is 18.0 Å². The lowest BCUT2D eigenvalue weighted by Crippen LogP contribution is -2.47. The highest BCUT2D eigenvalue weighted by atomic mass is 16.7. The number of benzene rings is 2. The number of piperidine rings is 1. The number of carboxylic acid groups (broad SMARTS) is 1. The van der Waals surface area contributed by atoms with Crippen molar-refractivity contribution in [1.82, 2.24) is 15.3 Å². The van der Waals surface area contributed by atoms with Crippen LogP contribution < -0.4 is 15.1 Å². The fourth-order valence-corrected chi connectivity index (χ4v) is 5.57. The molecule has 3 N–H and O–H groups in total. The van der Waals surface area contributed by atoms with Crippen LogP contribution in [0.3, 0.4) is 0 Å². The van der Waals surface area contributed by atoms with Gasteiger partial charge in [-0.15, -0.1) is 0 Å². The monoisotopic (exact) mass is 522 g/mol. The Kier molecular flexibility index (Phi) is 7.13. The number of aliphatic hydroxyl groups is 1. The van der Waals surface area contributed by atoms with Crippen LogP contribution in [0.25, 0.3) is 0 Å². The third-order valence-corrected chi connectivity index (χ3v) is 7.81. The normalized spacial score (nSPS) is 23.7. The van der Waals surface area contributed by atoms with E-state index in [9.17, 15) is 15.0 Å². The van der Waals surface area contributed by atoms with Crippen LogP contribution in [-0.2, 0) is 4.74 Å². The maximum absolute atomic E-state index is 11.2. The van der Waals surface area contributed by atoms with Crippen LogP contribution in [0.15, 0.2) is 60.3 Å². The minimum Gasteiger partial charge on any atom is -0.496 e. The lowest BCUT2D eigenvalue weighted by Gasteiger charge is -2.38. The van der Waals surface area contributed by atoms with Crippen molar-refractivity contribution >= 4 is 11.7 Å². The van der Waals surface area contributed by atoms with E-state index in [4.69, 9.17) is 9.47 Å². The Balaban J connectivity index is 1.26. The molecule has 2 aromatic rings. The van der Waals surface area contributed by atoms with E-state index in [1.165, 1.54) is 5.57 Å². The van der Waals surface area contributed by atoms with E-state index in [0.29, 0.717) is 6.54 Å². The number of carboxylic acids is 1. The molecule has 1 spiro atoms. The van der Waals surface area contributed by atoms with Gasteiger partial charge in [0.05, 0.1) is 30.9 Å². The number of aliphatic hydroxyl groups excluding tert-OH is 1. The predicted molar refractivity (Wildman–Crippen MR) is 145 cm³/mol. The molecular weight excluding hydrogens is 484 g/mol. The summed E-state index contributed by atoms with van der Waals surface area (Å²) in [6.07, 6.45) is 2.79. The van der Waals surface area contributed by atoms with E-state index in [-0.39, 0.29) is 17.1 Å². The predicted octanol–water partition coefficient (Wildman–Crippen LogP) is 3.58. The molecule has 38 heavy (non-hydrogen) atoms. The average Bonchev–Trinajstić information content (AvgIpc) is 3.46. The molecule has 0 aliphatic carbocycles. The number of hydrogen-bond donors (Lipinski definition) is 3. The van der Waals surface area contributed by atoms with Crippen LogP contribution in [0.1, 0.15) is 55.6 Å². The van der Waals surface area contributed by atoms with Gasteiger partial charge in [0.25, 0.3) is 0 Å². The SMILES string of the molecule is COc1ccccc1C1NN(C(C)(C)C)C=C1CN1CCC2(CC1)CN(c1ccc(C(=O)O)cc1)C(O)O2. The molecule has 2 unspecified atom stereocenters. The van der Waals surface area contributed by atoms with Crippen molar-refractivity contribution in [1.29, 1.82) is 0 Å². The molecule has 9 nitrogen and oxygen atoms in total. The quantitative estimate of drug-likeness (QED) is 0.526. The third kappa shape index (κ3) is 5.24. The number of nitrogens with one attached hydrogen (secondary N) is 1. The average molecular weight is 523 g/mol. The number of hydrazine groups is 1. The second kappa shape index (κ2) is 10.2. The van der Waals surface area contributed by atoms with Crippen molar-refractivity contribution in [2.75, 3.05) is 38.2 Å². The minimum atomic E-state index is -1.05. The lowest BCUT2D eigenvalue weighted by atomic mass is 9.90. The van der Waals surface area contributed by atoms with Gasteiger partial charge in [0.15, 0.2) is 0 Å². The van der Waals surface area contributed by atoms with Gasteiger partial charge in [0, 0.05) is 42.6 Å². The zero-order valence-corrected chi connectivity index (χ0v) is 22.6.